The van der Waals surface area contributed by atoms with Gasteiger partial charge in [0.2, 0.25) is 0 Å². The van der Waals surface area contributed by atoms with Crippen LogP contribution in [0.5, 0.6) is 0 Å². The molecule has 106 valence electrons. The molecule has 2 aromatic rings. The lowest BCUT2D eigenvalue weighted by molar-refractivity contribution is 0.0689. The van der Waals surface area contributed by atoms with Gasteiger partial charge in [0.25, 0.3) is 5.91 Å². The van der Waals surface area contributed by atoms with Crippen molar-refractivity contribution in [1.29, 1.82) is 0 Å². The maximum atomic E-state index is 12.4. The van der Waals surface area contributed by atoms with Gasteiger partial charge in [-0.1, -0.05) is 24.6 Å². The van der Waals surface area contributed by atoms with Crippen molar-refractivity contribution in [3.05, 3.63) is 36.0 Å². The molecule has 20 heavy (non-hydrogen) atoms. The largest absolute Gasteiger partial charge is 0.393 e. The van der Waals surface area contributed by atoms with Crippen LogP contribution < -0.4 is 0 Å². The molecule has 1 aliphatic rings. The van der Waals surface area contributed by atoms with Gasteiger partial charge in [0.1, 0.15) is 5.69 Å². The van der Waals surface area contributed by atoms with Crippen molar-refractivity contribution in [1.82, 2.24) is 9.88 Å². The Balaban J connectivity index is 1.74. The zero-order chi connectivity index (χ0) is 14.1. The number of carbonyl (C=O) groups excluding carboxylic acids is 1. The Bertz CT molecular complexity index is 587. The maximum absolute atomic E-state index is 12.4. The number of para-hydroxylation sites is 1. The molecule has 0 aliphatic heterocycles. The molecule has 0 spiro atoms. The summed E-state index contributed by atoms with van der Waals surface area (Å²) in [5, 5.41) is 10.9. The number of rotatable bonds is 3. The van der Waals surface area contributed by atoms with Gasteiger partial charge in [0.15, 0.2) is 0 Å². The first kappa shape index (κ1) is 13.2. The van der Waals surface area contributed by atoms with Crippen LogP contribution >= 0.6 is 0 Å². The topological polar surface area (TPSA) is 56.3 Å². The van der Waals surface area contributed by atoms with E-state index in [9.17, 15) is 9.90 Å². The summed E-state index contributed by atoms with van der Waals surface area (Å²) in [4.78, 5) is 17.3. The van der Waals surface area contributed by atoms with Gasteiger partial charge >= 0.3 is 0 Å². The predicted octanol–water partition coefficient (Wildman–Crippen LogP) is 2.40. The van der Waals surface area contributed by atoms with Crippen LogP contribution in [0.2, 0.25) is 0 Å². The molecule has 2 atom stereocenters. The predicted molar refractivity (Wildman–Crippen MR) is 78.6 cm³/mol. The Hall–Kier alpha value is -1.81. The van der Waals surface area contributed by atoms with E-state index in [0.717, 1.165) is 30.2 Å². The highest BCUT2D eigenvalue weighted by Crippen LogP contribution is 2.26. The van der Waals surface area contributed by atoms with Crippen LogP contribution in [0.25, 0.3) is 10.9 Å². The molecule has 1 aromatic carbocycles. The first-order valence-electron chi connectivity index (χ1n) is 7.16. The highest BCUT2D eigenvalue weighted by atomic mass is 16.3. The Kier molecular flexibility index (Phi) is 3.49. The van der Waals surface area contributed by atoms with Gasteiger partial charge in [-0.2, -0.15) is 0 Å². The maximum Gasteiger partial charge on any atom is 0.270 e. The average Bonchev–Trinajstić information content (AvgIpc) is 3.04. The third-order valence-electron chi connectivity index (χ3n) is 4.23. The van der Waals surface area contributed by atoms with Crippen LogP contribution in [0.1, 0.15) is 29.8 Å². The molecule has 1 fully saturated rings. The summed E-state index contributed by atoms with van der Waals surface area (Å²) in [6, 6.07) is 9.75. The van der Waals surface area contributed by atoms with Crippen molar-refractivity contribution in [2.45, 2.75) is 25.4 Å². The summed E-state index contributed by atoms with van der Waals surface area (Å²) in [6.45, 7) is 0.620. The number of nitrogens with zero attached hydrogens (tertiary/aromatic N) is 1. The number of benzene rings is 1. The number of fused-ring (bicyclic) bond motifs is 1. The monoisotopic (exact) mass is 272 g/mol. The van der Waals surface area contributed by atoms with Crippen molar-refractivity contribution in [3.8, 4) is 0 Å². The normalized spacial score (nSPS) is 22.3. The Morgan fingerprint density at radius 1 is 1.40 bits per heavy atom. The van der Waals surface area contributed by atoms with Crippen molar-refractivity contribution < 1.29 is 9.90 Å². The number of aliphatic hydroxyl groups excluding tert-OH is 1. The molecule has 0 radical (unpaired) electrons. The highest BCUT2D eigenvalue weighted by Gasteiger charge is 2.28. The number of hydrogen-bond donors (Lipinski definition) is 2. The second-order valence-electron chi connectivity index (χ2n) is 5.71. The third-order valence-corrected chi connectivity index (χ3v) is 4.23. The van der Waals surface area contributed by atoms with Crippen LogP contribution in [0.3, 0.4) is 0 Å². The van der Waals surface area contributed by atoms with Gasteiger partial charge in [0, 0.05) is 30.4 Å². The van der Waals surface area contributed by atoms with E-state index >= 15 is 0 Å². The van der Waals surface area contributed by atoms with Crippen LogP contribution in [0.15, 0.2) is 30.3 Å². The van der Waals surface area contributed by atoms with Crippen molar-refractivity contribution in [3.63, 3.8) is 0 Å². The summed E-state index contributed by atoms with van der Waals surface area (Å²) in [5.74, 6) is 0.202. The van der Waals surface area contributed by atoms with E-state index in [1.165, 1.54) is 0 Å². The lowest BCUT2D eigenvalue weighted by Gasteiger charge is -2.22. The molecule has 1 aromatic heterocycles. The number of amides is 1. The zero-order valence-electron chi connectivity index (χ0n) is 11.7. The first-order valence-corrected chi connectivity index (χ1v) is 7.16. The smallest absolute Gasteiger partial charge is 0.270 e. The van der Waals surface area contributed by atoms with Gasteiger partial charge in [0.05, 0.1) is 6.10 Å². The average molecular weight is 272 g/mol. The van der Waals surface area contributed by atoms with Gasteiger partial charge in [-0.3, -0.25) is 4.79 Å². The van der Waals surface area contributed by atoms with Crippen LogP contribution in [-0.2, 0) is 0 Å². The number of aromatic nitrogens is 1. The summed E-state index contributed by atoms with van der Waals surface area (Å²) in [5.41, 5.74) is 1.59. The van der Waals surface area contributed by atoms with Gasteiger partial charge in [-0.25, -0.2) is 0 Å². The second-order valence-corrected chi connectivity index (χ2v) is 5.71. The van der Waals surface area contributed by atoms with Crippen LogP contribution in [0, 0.1) is 5.92 Å². The molecular weight excluding hydrogens is 252 g/mol. The fourth-order valence-electron chi connectivity index (χ4n) is 3.06. The van der Waals surface area contributed by atoms with Crippen LogP contribution in [-0.4, -0.2) is 40.6 Å². The van der Waals surface area contributed by atoms with E-state index in [-0.39, 0.29) is 17.9 Å². The molecule has 0 bridgehead atoms. The molecule has 2 unspecified atom stereocenters. The fraction of sp³-hybridized carbons (Fsp3) is 0.438. The number of aliphatic hydroxyl groups is 1. The van der Waals surface area contributed by atoms with Crippen molar-refractivity contribution >= 4 is 16.8 Å². The molecule has 1 aliphatic carbocycles. The minimum Gasteiger partial charge on any atom is -0.393 e. The minimum atomic E-state index is -0.257. The first-order chi connectivity index (χ1) is 9.65. The molecule has 1 saturated carbocycles. The number of nitrogens with one attached hydrogen (secondary N) is 1. The van der Waals surface area contributed by atoms with Crippen molar-refractivity contribution in [2.75, 3.05) is 13.6 Å². The van der Waals surface area contributed by atoms with Gasteiger partial charge < -0.3 is 15.0 Å². The molecule has 3 rings (SSSR count). The summed E-state index contributed by atoms with van der Waals surface area (Å²) in [6.07, 6.45) is 2.66. The molecular formula is C16H20N2O2. The number of hydrogen-bond acceptors (Lipinski definition) is 2. The van der Waals surface area contributed by atoms with E-state index < -0.39 is 0 Å². The molecule has 1 heterocycles. The lowest BCUT2D eigenvalue weighted by atomic mass is 10.1. The van der Waals surface area contributed by atoms with E-state index in [4.69, 9.17) is 0 Å². The fourth-order valence-corrected chi connectivity index (χ4v) is 3.06. The summed E-state index contributed by atoms with van der Waals surface area (Å²) < 4.78 is 0. The number of aromatic amines is 1. The standard InChI is InChI=1S/C16H20N2O2/c1-18(10-12-6-4-8-15(12)19)16(20)14-9-11-5-2-3-7-13(11)17-14/h2-3,5,7,9,12,15,17,19H,4,6,8,10H2,1H3. The molecule has 1 amide bonds. The van der Waals surface area contributed by atoms with Crippen LogP contribution in [0.4, 0.5) is 0 Å². The second kappa shape index (κ2) is 5.29. The number of H-pyrrole nitrogens is 1. The van der Waals surface area contributed by atoms with E-state index in [1.54, 1.807) is 11.9 Å². The quantitative estimate of drug-likeness (QED) is 0.901. The lowest BCUT2D eigenvalue weighted by Crippen LogP contribution is -2.34. The van der Waals surface area contributed by atoms with Gasteiger partial charge in [-0.05, 0) is 25.0 Å². The molecule has 4 nitrogen and oxygen atoms in total. The summed E-state index contributed by atoms with van der Waals surface area (Å²) in [7, 11) is 1.80. The molecule has 4 heteroatoms. The van der Waals surface area contributed by atoms with Crippen molar-refractivity contribution in [2.24, 2.45) is 5.92 Å². The third kappa shape index (κ3) is 2.43. The Labute approximate surface area is 118 Å². The zero-order valence-corrected chi connectivity index (χ0v) is 11.7. The van der Waals surface area contributed by atoms with Gasteiger partial charge in [-0.15, -0.1) is 0 Å². The van der Waals surface area contributed by atoms with E-state index in [2.05, 4.69) is 4.98 Å². The highest BCUT2D eigenvalue weighted by molar-refractivity contribution is 5.97. The Morgan fingerprint density at radius 3 is 2.90 bits per heavy atom. The molecule has 0 saturated heterocycles. The van der Waals surface area contributed by atoms with E-state index in [1.807, 2.05) is 30.3 Å². The van der Waals surface area contributed by atoms with E-state index in [0.29, 0.717) is 12.2 Å². The molecule has 2 N–H and O–H groups in total. The summed E-state index contributed by atoms with van der Waals surface area (Å²) >= 11 is 0. The SMILES string of the molecule is CN(CC1CCCC1O)C(=O)c1cc2ccccc2[nH]1. The Morgan fingerprint density at radius 2 is 2.20 bits per heavy atom. The number of carbonyl (C=O) groups is 1. The minimum absolute atomic E-state index is 0.0136.